The highest BCUT2D eigenvalue weighted by molar-refractivity contribution is 9.11. The van der Waals surface area contributed by atoms with Crippen LogP contribution >= 0.6 is 27.3 Å². The molecular weight excluding hydrogens is 302 g/mol. The van der Waals surface area contributed by atoms with Gasteiger partial charge in [0.1, 0.15) is 5.78 Å². The standard InChI is InChI=1S/C12H14BrNO2S/c1-12(2)7-8(15)5-6-14(12)11(16)9-3-4-10(13)17-9/h3-4H,5-7H2,1-2H3. The molecule has 0 atom stereocenters. The number of hydrogen-bond donors (Lipinski definition) is 0. The maximum Gasteiger partial charge on any atom is 0.264 e. The van der Waals surface area contributed by atoms with Crippen molar-refractivity contribution in [1.82, 2.24) is 4.90 Å². The van der Waals surface area contributed by atoms with Gasteiger partial charge in [-0.15, -0.1) is 11.3 Å². The minimum atomic E-state index is -0.372. The molecule has 1 aromatic rings. The fourth-order valence-corrected chi connectivity index (χ4v) is 3.48. The molecule has 0 radical (unpaired) electrons. The van der Waals surface area contributed by atoms with E-state index in [1.54, 1.807) is 0 Å². The van der Waals surface area contributed by atoms with Crippen molar-refractivity contribution in [3.63, 3.8) is 0 Å². The minimum Gasteiger partial charge on any atom is -0.332 e. The highest BCUT2D eigenvalue weighted by Crippen LogP contribution is 2.30. The van der Waals surface area contributed by atoms with E-state index in [1.165, 1.54) is 11.3 Å². The second-order valence-corrected chi connectivity index (χ2v) is 7.30. The summed E-state index contributed by atoms with van der Waals surface area (Å²) in [7, 11) is 0. The summed E-state index contributed by atoms with van der Waals surface area (Å²) in [5.74, 6) is 0.268. The Hall–Kier alpha value is -0.680. The Bertz CT molecular complexity index is 467. The fourth-order valence-electron chi connectivity index (χ4n) is 2.14. The Balaban J connectivity index is 2.22. The van der Waals surface area contributed by atoms with E-state index in [4.69, 9.17) is 0 Å². The summed E-state index contributed by atoms with van der Waals surface area (Å²) in [6, 6.07) is 3.70. The second-order valence-electron chi connectivity index (χ2n) is 4.84. The van der Waals surface area contributed by atoms with Crippen LogP contribution in [0.5, 0.6) is 0 Å². The van der Waals surface area contributed by atoms with E-state index in [0.717, 1.165) is 8.66 Å². The summed E-state index contributed by atoms with van der Waals surface area (Å²) < 4.78 is 0.951. The number of amides is 1. The molecule has 0 aliphatic carbocycles. The predicted molar refractivity (Wildman–Crippen MR) is 71.4 cm³/mol. The third-order valence-electron chi connectivity index (χ3n) is 3.00. The third-order valence-corrected chi connectivity index (χ3v) is 4.62. The molecule has 92 valence electrons. The van der Waals surface area contributed by atoms with Gasteiger partial charge in [0.25, 0.3) is 5.91 Å². The number of rotatable bonds is 1. The van der Waals surface area contributed by atoms with Gasteiger partial charge < -0.3 is 4.90 Å². The van der Waals surface area contributed by atoms with Gasteiger partial charge in [0.2, 0.25) is 0 Å². The second kappa shape index (κ2) is 4.53. The first kappa shape index (κ1) is 12.8. The van der Waals surface area contributed by atoms with Crippen molar-refractivity contribution in [1.29, 1.82) is 0 Å². The van der Waals surface area contributed by atoms with Crippen LogP contribution in [-0.4, -0.2) is 28.7 Å². The highest BCUT2D eigenvalue weighted by atomic mass is 79.9. The summed E-state index contributed by atoms with van der Waals surface area (Å²) in [5.41, 5.74) is -0.372. The number of piperidine rings is 1. The van der Waals surface area contributed by atoms with Crippen molar-refractivity contribution >= 4 is 39.0 Å². The number of Topliss-reactive ketones (excluding diaryl/α,β-unsaturated/α-hetero) is 1. The average Bonchev–Trinajstić information content (AvgIpc) is 2.62. The number of likely N-dealkylation sites (tertiary alicyclic amines) is 1. The topological polar surface area (TPSA) is 37.4 Å². The Morgan fingerprint density at radius 1 is 1.47 bits per heavy atom. The van der Waals surface area contributed by atoms with Crippen LogP contribution in [-0.2, 0) is 4.79 Å². The normalized spacial score (nSPS) is 19.5. The molecule has 0 N–H and O–H groups in total. The lowest BCUT2D eigenvalue weighted by atomic mass is 9.89. The maximum absolute atomic E-state index is 12.3. The zero-order valence-electron chi connectivity index (χ0n) is 9.83. The van der Waals surface area contributed by atoms with Crippen LogP contribution in [0.4, 0.5) is 0 Å². The van der Waals surface area contributed by atoms with E-state index in [0.29, 0.717) is 19.4 Å². The van der Waals surface area contributed by atoms with E-state index in [1.807, 2.05) is 30.9 Å². The number of thiophene rings is 1. The molecule has 1 amide bonds. The number of halogens is 1. The first-order valence-corrected chi connectivity index (χ1v) is 7.10. The van der Waals surface area contributed by atoms with Gasteiger partial charge >= 0.3 is 0 Å². The smallest absolute Gasteiger partial charge is 0.264 e. The van der Waals surface area contributed by atoms with Crippen molar-refractivity contribution in [2.45, 2.75) is 32.2 Å². The Morgan fingerprint density at radius 2 is 2.18 bits per heavy atom. The van der Waals surface area contributed by atoms with Crippen LogP contribution in [0.25, 0.3) is 0 Å². The molecule has 2 rings (SSSR count). The van der Waals surface area contributed by atoms with Crippen LogP contribution in [0, 0.1) is 0 Å². The quantitative estimate of drug-likeness (QED) is 0.798. The van der Waals surface area contributed by atoms with Crippen LogP contribution in [0.15, 0.2) is 15.9 Å². The van der Waals surface area contributed by atoms with Crippen LogP contribution in [0.1, 0.15) is 36.4 Å². The molecule has 5 heteroatoms. The predicted octanol–water partition coefficient (Wildman–Crippen LogP) is 3.09. The Kier molecular flexibility index (Phi) is 3.41. The molecule has 0 spiro atoms. The van der Waals surface area contributed by atoms with Gasteiger partial charge in [-0.3, -0.25) is 9.59 Å². The van der Waals surface area contributed by atoms with Crippen molar-refractivity contribution in [3.05, 3.63) is 20.8 Å². The van der Waals surface area contributed by atoms with Crippen molar-refractivity contribution < 1.29 is 9.59 Å². The van der Waals surface area contributed by atoms with Gasteiger partial charge in [0.15, 0.2) is 0 Å². The van der Waals surface area contributed by atoms with Gasteiger partial charge in [-0.1, -0.05) is 0 Å². The third kappa shape index (κ3) is 2.60. The van der Waals surface area contributed by atoms with Gasteiger partial charge in [-0.2, -0.15) is 0 Å². The number of carbonyl (C=O) groups is 2. The van der Waals surface area contributed by atoms with Crippen LogP contribution < -0.4 is 0 Å². The molecule has 1 aliphatic rings. The fraction of sp³-hybridized carbons (Fsp3) is 0.500. The van der Waals surface area contributed by atoms with Gasteiger partial charge in [-0.05, 0) is 41.9 Å². The summed E-state index contributed by atoms with van der Waals surface area (Å²) in [4.78, 5) is 26.3. The molecule has 1 aliphatic heterocycles. The number of hydrogen-bond acceptors (Lipinski definition) is 3. The Morgan fingerprint density at radius 3 is 2.71 bits per heavy atom. The Labute approximate surface area is 113 Å². The largest absolute Gasteiger partial charge is 0.332 e. The lowest BCUT2D eigenvalue weighted by Crippen LogP contribution is -2.52. The first-order chi connectivity index (χ1) is 7.90. The summed E-state index contributed by atoms with van der Waals surface area (Å²) in [6.07, 6.45) is 0.924. The zero-order valence-corrected chi connectivity index (χ0v) is 12.2. The molecule has 0 saturated carbocycles. The lowest BCUT2D eigenvalue weighted by molar-refractivity contribution is -0.124. The summed E-state index contributed by atoms with van der Waals surface area (Å²) in [6.45, 7) is 4.43. The summed E-state index contributed by atoms with van der Waals surface area (Å²) >= 11 is 4.79. The first-order valence-electron chi connectivity index (χ1n) is 5.49. The van der Waals surface area contributed by atoms with E-state index >= 15 is 0 Å². The van der Waals surface area contributed by atoms with Crippen molar-refractivity contribution in [3.8, 4) is 0 Å². The zero-order chi connectivity index (χ0) is 12.6. The van der Waals surface area contributed by atoms with Crippen LogP contribution in [0.2, 0.25) is 0 Å². The average molecular weight is 316 g/mol. The molecule has 2 heterocycles. The molecule has 0 bridgehead atoms. The van der Waals surface area contributed by atoms with E-state index in [9.17, 15) is 9.59 Å². The molecular formula is C12H14BrNO2S. The van der Waals surface area contributed by atoms with Crippen LogP contribution in [0.3, 0.4) is 0 Å². The molecule has 1 fully saturated rings. The molecule has 0 aromatic carbocycles. The SMILES string of the molecule is CC1(C)CC(=O)CCN1C(=O)c1ccc(Br)s1. The van der Waals surface area contributed by atoms with Gasteiger partial charge in [0, 0.05) is 24.9 Å². The number of nitrogens with zero attached hydrogens (tertiary/aromatic N) is 1. The maximum atomic E-state index is 12.3. The van der Waals surface area contributed by atoms with Crippen molar-refractivity contribution in [2.24, 2.45) is 0 Å². The molecule has 0 unspecified atom stereocenters. The molecule has 1 aromatic heterocycles. The van der Waals surface area contributed by atoms with Crippen molar-refractivity contribution in [2.75, 3.05) is 6.54 Å². The minimum absolute atomic E-state index is 0.0261. The molecule has 1 saturated heterocycles. The molecule has 17 heavy (non-hydrogen) atoms. The van der Waals surface area contributed by atoms with E-state index in [2.05, 4.69) is 15.9 Å². The highest BCUT2D eigenvalue weighted by Gasteiger charge is 2.37. The molecule has 3 nitrogen and oxygen atoms in total. The van der Waals surface area contributed by atoms with Gasteiger partial charge in [-0.25, -0.2) is 0 Å². The number of carbonyl (C=O) groups excluding carboxylic acids is 2. The summed E-state index contributed by atoms with van der Waals surface area (Å²) in [5, 5.41) is 0. The lowest BCUT2D eigenvalue weighted by Gasteiger charge is -2.41. The monoisotopic (exact) mass is 315 g/mol. The number of ketones is 1. The van der Waals surface area contributed by atoms with E-state index < -0.39 is 0 Å². The van der Waals surface area contributed by atoms with E-state index in [-0.39, 0.29) is 17.2 Å². The van der Waals surface area contributed by atoms with Gasteiger partial charge in [0.05, 0.1) is 8.66 Å².